The van der Waals surface area contributed by atoms with Crippen LogP contribution in [0.5, 0.6) is 0 Å². The highest BCUT2D eigenvalue weighted by molar-refractivity contribution is 7.85. The van der Waals surface area contributed by atoms with Crippen LogP contribution in [0.2, 0.25) is 0 Å². The molecule has 0 bridgehead atoms. The number of aliphatic imine (C=N–C) groups is 1. The zero-order valence-electron chi connectivity index (χ0n) is 11.8. The molecule has 2 N–H and O–H groups in total. The lowest BCUT2D eigenvalue weighted by Gasteiger charge is -2.28. The zero-order valence-corrected chi connectivity index (χ0v) is 12.6. The van der Waals surface area contributed by atoms with Crippen LogP contribution in [0.3, 0.4) is 0 Å². The van der Waals surface area contributed by atoms with E-state index in [4.69, 9.17) is 4.55 Å². The van der Waals surface area contributed by atoms with Crippen LogP contribution in [0.25, 0.3) is 0 Å². The van der Waals surface area contributed by atoms with Gasteiger partial charge in [-0.1, -0.05) is 24.3 Å². The summed E-state index contributed by atoms with van der Waals surface area (Å²) in [4.78, 5) is 4.14. The van der Waals surface area contributed by atoms with Gasteiger partial charge in [0.1, 0.15) is 0 Å². The minimum Gasteiger partial charge on any atom is -0.371 e. The molecule has 21 heavy (non-hydrogen) atoms. The van der Waals surface area contributed by atoms with E-state index in [1.54, 1.807) is 6.34 Å². The van der Waals surface area contributed by atoms with Crippen molar-refractivity contribution in [3.05, 3.63) is 35.4 Å². The minimum atomic E-state index is -3.98. The predicted molar refractivity (Wildman–Crippen MR) is 82.2 cm³/mol. The van der Waals surface area contributed by atoms with E-state index >= 15 is 0 Å². The second-order valence-electron chi connectivity index (χ2n) is 5.98. The first-order valence-corrected chi connectivity index (χ1v) is 8.92. The van der Waals surface area contributed by atoms with Gasteiger partial charge in [-0.3, -0.25) is 9.55 Å². The van der Waals surface area contributed by atoms with Crippen molar-refractivity contribution in [2.75, 3.05) is 5.75 Å². The SMILES string of the molecule is O=S(=O)(O)CC1N=CNC1CC1CCc2ccccc2C1. The van der Waals surface area contributed by atoms with E-state index in [1.807, 2.05) is 0 Å². The highest BCUT2D eigenvalue weighted by Gasteiger charge is 2.31. The topological polar surface area (TPSA) is 78.8 Å². The van der Waals surface area contributed by atoms with E-state index in [9.17, 15) is 8.42 Å². The van der Waals surface area contributed by atoms with Gasteiger partial charge in [0.2, 0.25) is 0 Å². The molecule has 3 atom stereocenters. The molecule has 1 aromatic carbocycles. The van der Waals surface area contributed by atoms with Gasteiger partial charge in [-0.25, -0.2) is 0 Å². The number of rotatable bonds is 4. The van der Waals surface area contributed by atoms with Crippen LogP contribution in [0.4, 0.5) is 0 Å². The van der Waals surface area contributed by atoms with Gasteiger partial charge in [0.15, 0.2) is 0 Å². The van der Waals surface area contributed by atoms with Crippen molar-refractivity contribution in [2.24, 2.45) is 10.9 Å². The molecule has 1 aliphatic heterocycles. The third kappa shape index (κ3) is 3.63. The smallest absolute Gasteiger partial charge is 0.267 e. The average Bonchev–Trinajstić information content (AvgIpc) is 2.84. The van der Waals surface area contributed by atoms with Crippen LogP contribution in [-0.2, 0) is 23.0 Å². The highest BCUT2D eigenvalue weighted by atomic mass is 32.2. The summed E-state index contributed by atoms with van der Waals surface area (Å²) in [6, 6.07) is 8.13. The number of aryl methyl sites for hydroxylation is 1. The average molecular weight is 308 g/mol. The maximum absolute atomic E-state index is 11.0. The first kappa shape index (κ1) is 14.5. The lowest BCUT2D eigenvalue weighted by molar-refractivity contribution is 0.360. The Kier molecular flexibility index (Phi) is 3.99. The number of benzene rings is 1. The predicted octanol–water partition coefficient (Wildman–Crippen LogP) is 1.44. The van der Waals surface area contributed by atoms with Crippen LogP contribution in [-0.4, -0.2) is 37.1 Å². The molecule has 0 saturated heterocycles. The van der Waals surface area contributed by atoms with Crippen molar-refractivity contribution >= 4 is 16.5 Å². The molecule has 0 radical (unpaired) electrons. The quantitative estimate of drug-likeness (QED) is 0.825. The van der Waals surface area contributed by atoms with Gasteiger partial charge in [-0.2, -0.15) is 8.42 Å². The largest absolute Gasteiger partial charge is 0.371 e. The van der Waals surface area contributed by atoms with Crippen LogP contribution in [0, 0.1) is 5.92 Å². The molecule has 1 heterocycles. The summed E-state index contributed by atoms with van der Waals surface area (Å²) < 4.78 is 31.1. The first-order valence-electron chi connectivity index (χ1n) is 7.31. The molecule has 3 rings (SSSR count). The molecule has 2 aliphatic rings. The van der Waals surface area contributed by atoms with Crippen molar-refractivity contribution in [1.29, 1.82) is 0 Å². The molecule has 0 aromatic heterocycles. The third-order valence-electron chi connectivity index (χ3n) is 4.44. The van der Waals surface area contributed by atoms with Crippen molar-refractivity contribution < 1.29 is 13.0 Å². The Morgan fingerprint density at radius 2 is 2.05 bits per heavy atom. The van der Waals surface area contributed by atoms with E-state index in [-0.39, 0.29) is 17.8 Å². The molecule has 5 nitrogen and oxygen atoms in total. The van der Waals surface area contributed by atoms with Crippen LogP contribution in [0.15, 0.2) is 29.3 Å². The van der Waals surface area contributed by atoms with Gasteiger partial charge in [0.05, 0.1) is 24.2 Å². The number of nitrogens with zero attached hydrogens (tertiary/aromatic N) is 1. The zero-order chi connectivity index (χ0) is 14.9. The standard InChI is InChI=1S/C15H20N2O3S/c18-21(19,20)9-15-14(16-10-17-15)8-11-5-6-12-3-1-2-4-13(12)7-11/h1-4,10-11,14-15H,5-9H2,(H,16,17)(H,18,19,20). The van der Waals surface area contributed by atoms with Crippen molar-refractivity contribution in [1.82, 2.24) is 5.32 Å². The molecular weight excluding hydrogens is 288 g/mol. The molecule has 0 amide bonds. The molecule has 114 valence electrons. The summed E-state index contributed by atoms with van der Waals surface area (Å²) in [6.07, 6.45) is 5.68. The van der Waals surface area contributed by atoms with Gasteiger partial charge in [0.25, 0.3) is 10.1 Å². The lowest BCUT2D eigenvalue weighted by Crippen LogP contribution is -2.38. The summed E-state index contributed by atoms with van der Waals surface area (Å²) in [5.41, 5.74) is 2.83. The summed E-state index contributed by atoms with van der Waals surface area (Å²) in [5, 5.41) is 3.13. The van der Waals surface area contributed by atoms with Crippen LogP contribution >= 0.6 is 0 Å². The second-order valence-corrected chi connectivity index (χ2v) is 7.48. The van der Waals surface area contributed by atoms with E-state index < -0.39 is 10.1 Å². The monoisotopic (exact) mass is 308 g/mol. The maximum atomic E-state index is 11.0. The third-order valence-corrected chi connectivity index (χ3v) is 5.20. The number of nitrogens with one attached hydrogen (secondary N) is 1. The number of hydrogen-bond acceptors (Lipinski definition) is 4. The van der Waals surface area contributed by atoms with Gasteiger partial charge in [-0.15, -0.1) is 0 Å². The number of hydrogen-bond donors (Lipinski definition) is 2. The molecule has 6 heteroatoms. The fourth-order valence-corrected chi connectivity index (χ4v) is 4.13. The minimum absolute atomic E-state index is 0.00203. The lowest BCUT2D eigenvalue weighted by atomic mass is 9.80. The van der Waals surface area contributed by atoms with Gasteiger partial charge in [0, 0.05) is 0 Å². The molecule has 1 aliphatic carbocycles. The Labute approximate surface area is 125 Å². The molecule has 1 aromatic rings. The van der Waals surface area contributed by atoms with E-state index in [0.717, 1.165) is 25.7 Å². The van der Waals surface area contributed by atoms with Gasteiger partial charge < -0.3 is 5.32 Å². The summed E-state index contributed by atoms with van der Waals surface area (Å²) >= 11 is 0. The van der Waals surface area contributed by atoms with Crippen molar-refractivity contribution in [3.8, 4) is 0 Å². The summed E-state index contributed by atoms with van der Waals surface area (Å²) in [5.74, 6) is 0.229. The highest BCUT2D eigenvalue weighted by Crippen LogP contribution is 2.29. The Morgan fingerprint density at radius 3 is 2.81 bits per heavy atom. The van der Waals surface area contributed by atoms with E-state index in [0.29, 0.717) is 5.92 Å². The van der Waals surface area contributed by atoms with Crippen molar-refractivity contribution in [2.45, 2.75) is 37.8 Å². The molecular formula is C15H20N2O3S. The fraction of sp³-hybridized carbons (Fsp3) is 0.533. The van der Waals surface area contributed by atoms with Crippen LogP contribution in [0.1, 0.15) is 24.0 Å². The Balaban J connectivity index is 1.63. The van der Waals surface area contributed by atoms with Crippen LogP contribution < -0.4 is 5.32 Å². The molecule has 3 unspecified atom stereocenters. The Hall–Kier alpha value is -1.40. The molecule has 0 fully saturated rings. The van der Waals surface area contributed by atoms with Gasteiger partial charge in [-0.05, 0) is 42.7 Å². The molecule has 0 spiro atoms. The van der Waals surface area contributed by atoms with E-state index in [1.165, 1.54) is 11.1 Å². The Morgan fingerprint density at radius 1 is 1.29 bits per heavy atom. The van der Waals surface area contributed by atoms with E-state index in [2.05, 4.69) is 34.6 Å². The van der Waals surface area contributed by atoms with Gasteiger partial charge >= 0.3 is 0 Å². The number of fused-ring (bicyclic) bond motifs is 1. The normalized spacial score (nSPS) is 28.1. The second kappa shape index (κ2) is 5.77. The Bertz CT molecular complexity index is 642. The fourth-order valence-electron chi connectivity index (χ4n) is 3.38. The van der Waals surface area contributed by atoms with Crippen molar-refractivity contribution in [3.63, 3.8) is 0 Å². The summed E-state index contributed by atoms with van der Waals surface area (Å²) in [7, 11) is -3.98. The first-order chi connectivity index (χ1) is 10.0. The molecule has 0 saturated carbocycles. The summed E-state index contributed by atoms with van der Waals surface area (Å²) in [6.45, 7) is 0. The maximum Gasteiger partial charge on any atom is 0.267 e.